The van der Waals surface area contributed by atoms with Crippen molar-refractivity contribution in [3.8, 4) is 22.4 Å². The van der Waals surface area contributed by atoms with Crippen LogP contribution in [0.5, 0.6) is 0 Å². The molecule has 0 aliphatic carbocycles. The molecule has 0 aliphatic rings. The summed E-state index contributed by atoms with van der Waals surface area (Å²) in [6.45, 7) is 0. The van der Waals surface area contributed by atoms with Gasteiger partial charge in [0, 0.05) is 29.2 Å². The molecule has 0 radical (unpaired) electrons. The summed E-state index contributed by atoms with van der Waals surface area (Å²) < 4.78 is 2.09. The van der Waals surface area contributed by atoms with Gasteiger partial charge in [-0.05, 0) is 23.8 Å². The fraction of sp³-hybridized carbons (Fsp3) is 0.0400. The molecule has 5 aromatic rings. The van der Waals surface area contributed by atoms with Crippen LogP contribution < -0.4 is 16.2 Å². The standard InChI is InChI=1S/C25H18N2O2/c1-27-19-15-9-8-14-18(19)20(23(27)16-10-4-2-5-11-16)21-22(25(29)24(21)28)26-17-12-6-3-7-13-17/h2-15,26H,1H3. The lowest BCUT2D eigenvalue weighted by molar-refractivity contribution is 0.979. The molecular weight excluding hydrogens is 360 g/mol. The molecule has 0 fully saturated rings. The molecule has 0 atom stereocenters. The van der Waals surface area contributed by atoms with Crippen LogP contribution in [0.3, 0.4) is 0 Å². The van der Waals surface area contributed by atoms with Gasteiger partial charge in [0.25, 0.3) is 5.43 Å². The average Bonchev–Trinajstić information content (AvgIpc) is 3.06. The van der Waals surface area contributed by atoms with Gasteiger partial charge in [0.2, 0.25) is 5.43 Å². The minimum atomic E-state index is -0.476. The zero-order valence-corrected chi connectivity index (χ0v) is 15.8. The smallest absolute Gasteiger partial charge is 0.250 e. The molecule has 1 heterocycles. The zero-order chi connectivity index (χ0) is 20.0. The van der Waals surface area contributed by atoms with Crippen LogP contribution in [-0.2, 0) is 7.05 Å². The fourth-order valence-corrected chi connectivity index (χ4v) is 4.00. The Hall–Kier alpha value is -3.92. The second-order valence-electron chi connectivity index (χ2n) is 7.07. The summed E-state index contributed by atoms with van der Waals surface area (Å²) in [5.41, 5.74) is 4.41. The number of nitrogens with one attached hydrogen (secondary N) is 1. The van der Waals surface area contributed by atoms with Gasteiger partial charge in [-0.25, -0.2) is 0 Å². The molecule has 5 rings (SSSR count). The van der Waals surface area contributed by atoms with Crippen molar-refractivity contribution < 1.29 is 0 Å². The van der Waals surface area contributed by atoms with Crippen molar-refractivity contribution >= 4 is 22.3 Å². The number of benzene rings is 3. The van der Waals surface area contributed by atoms with Crippen LogP contribution in [0, 0.1) is 0 Å². The van der Waals surface area contributed by atoms with E-state index in [0.29, 0.717) is 11.3 Å². The molecule has 0 spiro atoms. The van der Waals surface area contributed by atoms with Crippen molar-refractivity contribution in [2.75, 3.05) is 5.32 Å². The van der Waals surface area contributed by atoms with E-state index in [0.717, 1.165) is 33.4 Å². The van der Waals surface area contributed by atoms with E-state index in [4.69, 9.17) is 0 Å². The van der Waals surface area contributed by atoms with Crippen molar-refractivity contribution in [1.82, 2.24) is 4.57 Å². The van der Waals surface area contributed by atoms with Crippen LogP contribution in [0.2, 0.25) is 0 Å². The second kappa shape index (κ2) is 6.60. The van der Waals surface area contributed by atoms with Crippen molar-refractivity contribution in [3.63, 3.8) is 0 Å². The molecule has 140 valence electrons. The number of rotatable bonds is 4. The van der Waals surface area contributed by atoms with Crippen LogP contribution >= 0.6 is 0 Å². The molecule has 1 aromatic heterocycles. The van der Waals surface area contributed by atoms with Crippen LogP contribution in [0.1, 0.15) is 0 Å². The van der Waals surface area contributed by atoms with Gasteiger partial charge in [-0.15, -0.1) is 0 Å². The van der Waals surface area contributed by atoms with Gasteiger partial charge in [-0.2, -0.15) is 0 Å². The molecule has 0 unspecified atom stereocenters. The number of para-hydroxylation sites is 2. The summed E-state index contributed by atoms with van der Waals surface area (Å²) in [6.07, 6.45) is 0. The molecule has 0 aliphatic heterocycles. The number of fused-ring (bicyclic) bond motifs is 1. The minimum absolute atomic E-state index is 0.356. The van der Waals surface area contributed by atoms with E-state index in [1.165, 1.54) is 0 Å². The van der Waals surface area contributed by atoms with Gasteiger partial charge in [-0.3, -0.25) is 9.59 Å². The fourth-order valence-electron chi connectivity index (χ4n) is 4.00. The minimum Gasteiger partial charge on any atom is -0.352 e. The number of aromatic nitrogens is 1. The molecule has 4 aromatic carbocycles. The topological polar surface area (TPSA) is 51.1 Å². The van der Waals surface area contributed by atoms with E-state index < -0.39 is 10.9 Å². The van der Waals surface area contributed by atoms with E-state index in [2.05, 4.69) is 9.88 Å². The molecule has 0 saturated heterocycles. The van der Waals surface area contributed by atoms with E-state index in [1.54, 1.807) is 0 Å². The third kappa shape index (κ3) is 2.61. The molecule has 29 heavy (non-hydrogen) atoms. The highest BCUT2D eigenvalue weighted by molar-refractivity contribution is 6.08. The Balaban J connectivity index is 1.80. The number of hydrogen-bond acceptors (Lipinski definition) is 3. The van der Waals surface area contributed by atoms with Crippen molar-refractivity contribution in [3.05, 3.63) is 105 Å². The van der Waals surface area contributed by atoms with Gasteiger partial charge in [-0.1, -0.05) is 66.7 Å². The largest absolute Gasteiger partial charge is 0.352 e. The molecule has 0 amide bonds. The molecule has 4 heteroatoms. The van der Waals surface area contributed by atoms with E-state index in [-0.39, 0.29) is 0 Å². The quantitative estimate of drug-likeness (QED) is 0.455. The summed E-state index contributed by atoms with van der Waals surface area (Å²) >= 11 is 0. The van der Waals surface area contributed by atoms with Crippen LogP contribution in [0.4, 0.5) is 11.4 Å². The van der Waals surface area contributed by atoms with Crippen LogP contribution in [0.25, 0.3) is 33.3 Å². The van der Waals surface area contributed by atoms with E-state index in [9.17, 15) is 9.59 Å². The first-order valence-corrected chi connectivity index (χ1v) is 9.45. The van der Waals surface area contributed by atoms with Gasteiger partial charge in [0.1, 0.15) is 5.69 Å². The summed E-state index contributed by atoms with van der Waals surface area (Å²) in [4.78, 5) is 25.2. The zero-order valence-electron chi connectivity index (χ0n) is 15.8. The van der Waals surface area contributed by atoms with Crippen LogP contribution in [0.15, 0.2) is 94.5 Å². The predicted octanol–water partition coefficient (Wildman–Crippen LogP) is 4.85. The Bertz CT molecular complexity index is 1410. The highest BCUT2D eigenvalue weighted by Crippen LogP contribution is 2.41. The Morgan fingerprint density at radius 1 is 0.690 bits per heavy atom. The van der Waals surface area contributed by atoms with Crippen molar-refractivity contribution in [2.45, 2.75) is 0 Å². The van der Waals surface area contributed by atoms with E-state index in [1.807, 2.05) is 92.0 Å². The Morgan fingerprint density at radius 3 is 2.03 bits per heavy atom. The normalized spacial score (nSPS) is 11.2. The van der Waals surface area contributed by atoms with E-state index >= 15 is 0 Å². The molecule has 1 N–H and O–H groups in total. The Morgan fingerprint density at radius 2 is 1.31 bits per heavy atom. The first-order chi connectivity index (χ1) is 14.2. The average molecular weight is 378 g/mol. The first-order valence-electron chi connectivity index (χ1n) is 9.45. The van der Waals surface area contributed by atoms with Gasteiger partial charge < -0.3 is 9.88 Å². The second-order valence-corrected chi connectivity index (χ2v) is 7.07. The lowest BCUT2D eigenvalue weighted by atomic mass is 9.93. The maximum atomic E-state index is 12.7. The lowest BCUT2D eigenvalue weighted by Gasteiger charge is -2.15. The first kappa shape index (κ1) is 17.2. The van der Waals surface area contributed by atoms with Gasteiger partial charge in [0.05, 0.1) is 11.3 Å². The number of anilines is 2. The molecule has 0 saturated carbocycles. The van der Waals surface area contributed by atoms with Crippen molar-refractivity contribution in [2.24, 2.45) is 7.05 Å². The highest BCUT2D eigenvalue weighted by Gasteiger charge is 2.29. The SMILES string of the molecule is Cn1c(-c2ccccc2)c(-c2c(Nc3ccccc3)c(=O)c2=O)c2ccccc21. The summed E-state index contributed by atoms with van der Waals surface area (Å²) in [5, 5.41) is 4.12. The van der Waals surface area contributed by atoms with Crippen molar-refractivity contribution in [1.29, 1.82) is 0 Å². The maximum Gasteiger partial charge on any atom is 0.250 e. The Kier molecular flexibility index (Phi) is 3.91. The summed E-state index contributed by atoms with van der Waals surface area (Å²) in [6, 6.07) is 27.4. The lowest BCUT2D eigenvalue weighted by Crippen LogP contribution is -2.35. The van der Waals surface area contributed by atoms with Gasteiger partial charge >= 0.3 is 0 Å². The summed E-state index contributed by atoms with van der Waals surface area (Å²) in [5.74, 6) is 0. The number of aryl methyl sites for hydroxylation is 1. The maximum absolute atomic E-state index is 12.7. The summed E-state index contributed by atoms with van der Waals surface area (Å²) in [7, 11) is 1.99. The molecular formula is C25H18N2O2. The number of nitrogens with zero attached hydrogens (tertiary/aromatic N) is 1. The van der Waals surface area contributed by atoms with Crippen LogP contribution in [-0.4, -0.2) is 4.57 Å². The molecule has 0 bridgehead atoms. The Labute approximate surface area is 167 Å². The third-order valence-corrected chi connectivity index (χ3v) is 5.36. The number of hydrogen-bond donors (Lipinski definition) is 1. The predicted molar refractivity (Wildman–Crippen MR) is 118 cm³/mol. The molecule has 4 nitrogen and oxygen atoms in total. The highest BCUT2D eigenvalue weighted by atomic mass is 16.2. The monoisotopic (exact) mass is 378 g/mol. The third-order valence-electron chi connectivity index (χ3n) is 5.36. The van der Waals surface area contributed by atoms with Gasteiger partial charge in [0.15, 0.2) is 0 Å².